The zero-order chi connectivity index (χ0) is 14.0. The summed E-state index contributed by atoms with van der Waals surface area (Å²) < 4.78 is 0. The molecule has 0 bridgehead atoms. The molecule has 0 saturated heterocycles. The minimum Gasteiger partial charge on any atom is -0.317 e. The van der Waals surface area contributed by atoms with Gasteiger partial charge in [0.2, 0.25) is 0 Å². The maximum Gasteiger partial charge on any atom is 0.255 e. The molecule has 0 atom stereocenters. The number of halogens is 4. The molecule has 8 heteroatoms. The van der Waals surface area contributed by atoms with E-state index >= 15 is 0 Å². The van der Waals surface area contributed by atoms with Crippen LogP contribution >= 0.6 is 46.4 Å². The van der Waals surface area contributed by atoms with Crippen LogP contribution in [0.1, 0.15) is 10.4 Å². The second-order valence-corrected chi connectivity index (χ2v) is 5.03. The van der Waals surface area contributed by atoms with Crippen LogP contribution in [0, 0.1) is 0 Å². The monoisotopic (exact) mass is 335 g/mol. The Kier molecular flexibility index (Phi) is 4.47. The average Bonchev–Trinajstić information content (AvgIpc) is 2.32. The number of anilines is 1. The van der Waals surface area contributed by atoms with Crippen molar-refractivity contribution >= 4 is 58.0 Å². The summed E-state index contributed by atoms with van der Waals surface area (Å²) in [6.07, 6.45) is 1.19. The van der Waals surface area contributed by atoms with Crippen molar-refractivity contribution in [3.05, 3.63) is 50.4 Å². The van der Waals surface area contributed by atoms with Gasteiger partial charge in [-0.25, -0.2) is 9.97 Å². The van der Waals surface area contributed by atoms with Crippen LogP contribution in [0.15, 0.2) is 24.5 Å². The molecular formula is C11H5Cl4N3O. The van der Waals surface area contributed by atoms with E-state index in [-0.39, 0.29) is 21.6 Å². The van der Waals surface area contributed by atoms with Crippen LogP contribution in [0.4, 0.5) is 5.69 Å². The highest BCUT2D eigenvalue weighted by Gasteiger charge is 2.14. The number of nitrogens with one attached hydrogen (secondary N) is 1. The summed E-state index contributed by atoms with van der Waals surface area (Å²) in [5.74, 6) is -0.469. The molecule has 0 aliphatic carbocycles. The van der Waals surface area contributed by atoms with Gasteiger partial charge < -0.3 is 5.32 Å². The zero-order valence-electron chi connectivity index (χ0n) is 9.12. The third-order valence-corrected chi connectivity index (χ3v) is 3.13. The van der Waals surface area contributed by atoms with Gasteiger partial charge in [-0.3, -0.25) is 4.79 Å². The van der Waals surface area contributed by atoms with Gasteiger partial charge in [0.1, 0.15) is 12.0 Å². The maximum absolute atomic E-state index is 12.0. The second kappa shape index (κ2) is 5.92. The van der Waals surface area contributed by atoms with Crippen molar-refractivity contribution in [1.29, 1.82) is 0 Å². The first-order valence-corrected chi connectivity index (χ1v) is 6.42. The number of carbonyl (C=O) groups excluding carboxylic acids is 1. The molecule has 1 amide bonds. The Balaban J connectivity index is 2.31. The fraction of sp³-hybridized carbons (Fsp3) is 0. The lowest BCUT2D eigenvalue weighted by Crippen LogP contribution is -2.13. The summed E-state index contributed by atoms with van der Waals surface area (Å²) in [5.41, 5.74) is 0.403. The Morgan fingerprint density at radius 3 is 2.00 bits per heavy atom. The first-order valence-electron chi connectivity index (χ1n) is 4.91. The minimum atomic E-state index is -0.469. The van der Waals surface area contributed by atoms with Gasteiger partial charge in [0.25, 0.3) is 5.91 Å². The molecule has 2 rings (SSSR count). The molecule has 2 aromatic rings. The van der Waals surface area contributed by atoms with Gasteiger partial charge in [0, 0.05) is 15.6 Å². The van der Waals surface area contributed by atoms with E-state index in [1.54, 1.807) is 0 Å². The lowest BCUT2D eigenvalue weighted by atomic mass is 10.2. The normalized spacial score (nSPS) is 10.3. The second-order valence-electron chi connectivity index (χ2n) is 3.44. The highest BCUT2D eigenvalue weighted by molar-refractivity contribution is 6.38. The number of rotatable bonds is 2. The van der Waals surface area contributed by atoms with E-state index in [0.717, 1.165) is 0 Å². The van der Waals surface area contributed by atoms with Crippen LogP contribution < -0.4 is 5.32 Å². The zero-order valence-corrected chi connectivity index (χ0v) is 12.1. The molecule has 0 unspecified atom stereocenters. The van der Waals surface area contributed by atoms with Gasteiger partial charge in [-0.1, -0.05) is 46.4 Å². The molecule has 0 saturated carbocycles. The Labute approximate surface area is 128 Å². The largest absolute Gasteiger partial charge is 0.317 e. The van der Waals surface area contributed by atoms with Crippen LogP contribution in [0.5, 0.6) is 0 Å². The van der Waals surface area contributed by atoms with Gasteiger partial charge in [0.15, 0.2) is 10.3 Å². The van der Waals surface area contributed by atoms with E-state index in [4.69, 9.17) is 46.4 Å². The molecule has 0 aliphatic rings. The molecule has 0 fully saturated rings. The molecule has 1 aromatic heterocycles. The smallest absolute Gasteiger partial charge is 0.255 e. The van der Waals surface area contributed by atoms with Crippen molar-refractivity contribution in [3.63, 3.8) is 0 Å². The number of aromatic nitrogens is 2. The third-order valence-electron chi connectivity index (χ3n) is 2.12. The molecule has 19 heavy (non-hydrogen) atoms. The summed E-state index contributed by atoms with van der Waals surface area (Å²) in [6.45, 7) is 0. The summed E-state index contributed by atoms with van der Waals surface area (Å²) >= 11 is 23.3. The molecule has 4 nitrogen and oxygen atoms in total. The predicted molar refractivity (Wildman–Crippen MR) is 76.5 cm³/mol. The van der Waals surface area contributed by atoms with Crippen molar-refractivity contribution in [2.75, 3.05) is 5.32 Å². The highest BCUT2D eigenvalue weighted by atomic mass is 35.5. The van der Waals surface area contributed by atoms with Crippen molar-refractivity contribution in [3.8, 4) is 0 Å². The molecule has 0 spiro atoms. The van der Waals surface area contributed by atoms with Crippen LogP contribution in [-0.2, 0) is 0 Å². The lowest BCUT2D eigenvalue weighted by Gasteiger charge is -2.08. The van der Waals surface area contributed by atoms with Crippen LogP contribution in [0.25, 0.3) is 0 Å². The van der Waals surface area contributed by atoms with Crippen LogP contribution in [0.2, 0.25) is 20.4 Å². The molecule has 1 heterocycles. The molecule has 0 radical (unpaired) electrons. The Morgan fingerprint density at radius 2 is 1.47 bits per heavy atom. The van der Waals surface area contributed by atoms with Crippen molar-refractivity contribution in [2.45, 2.75) is 0 Å². The first-order chi connectivity index (χ1) is 8.97. The Bertz CT molecular complexity index is 607. The number of nitrogens with zero attached hydrogens (tertiary/aromatic N) is 2. The van der Waals surface area contributed by atoms with E-state index < -0.39 is 5.91 Å². The molecule has 1 N–H and O–H groups in total. The van der Waals surface area contributed by atoms with Gasteiger partial charge in [0.05, 0.1) is 0 Å². The average molecular weight is 337 g/mol. The minimum absolute atomic E-state index is 0.0430. The van der Waals surface area contributed by atoms with Crippen molar-refractivity contribution in [2.24, 2.45) is 0 Å². The number of amides is 1. The Morgan fingerprint density at radius 1 is 0.947 bits per heavy atom. The van der Waals surface area contributed by atoms with Gasteiger partial charge in [-0.15, -0.1) is 0 Å². The Hall–Kier alpha value is -1.07. The van der Waals surface area contributed by atoms with E-state index in [9.17, 15) is 4.79 Å². The lowest BCUT2D eigenvalue weighted by molar-refractivity contribution is 0.102. The van der Waals surface area contributed by atoms with E-state index in [1.165, 1.54) is 24.5 Å². The summed E-state index contributed by atoms with van der Waals surface area (Å²) in [7, 11) is 0. The van der Waals surface area contributed by atoms with Crippen molar-refractivity contribution in [1.82, 2.24) is 9.97 Å². The topological polar surface area (TPSA) is 54.9 Å². The summed E-state index contributed by atoms with van der Waals surface area (Å²) in [6, 6.07) is 4.45. The first kappa shape index (κ1) is 14.3. The van der Waals surface area contributed by atoms with E-state index in [0.29, 0.717) is 10.0 Å². The molecule has 0 aliphatic heterocycles. The molecular weight excluding hydrogens is 332 g/mol. The number of benzene rings is 1. The number of hydrogen-bond acceptors (Lipinski definition) is 3. The number of carbonyl (C=O) groups is 1. The maximum atomic E-state index is 12.0. The van der Waals surface area contributed by atoms with Crippen LogP contribution in [-0.4, -0.2) is 15.9 Å². The third kappa shape index (κ3) is 3.48. The fourth-order valence-electron chi connectivity index (χ4n) is 1.32. The summed E-state index contributed by atoms with van der Waals surface area (Å²) in [4.78, 5) is 19.5. The SMILES string of the molecule is O=C(Nc1c(Cl)ncnc1Cl)c1cc(Cl)cc(Cl)c1. The summed E-state index contributed by atoms with van der Waals surface area (Å²) in [5, 5.41) is 3.28. The van der Waals surface area contributed by atoms with E-state index in [2.05, 4.69) is 15.3 Å². The van der Waals surface area contributed by atoms with Gasteiger partial charge >= 0.3 is 0 Å². The fourth-order valence-corrected chi connectivity index (χ4v) is 2.25. The molecule has 98 valence electrons. The molecule has 1 aromatic carbocycles. The van der Waals surface area contributed by atoms with E-state index in [1.807, 2.05) is 0 Å². The number of hydrogen-bond donors (Lipinski definition) is 1. The quantitative estimate of drug-likeness (QED) is 0.830. The van der Waals surface area contributed by atoms with Crippen LogP contribution in [0.3, 0.4) is 0 Å². The predicted octanol–water partition coefficient (Wildman–Crippen LogP) is 4.34. The highest BCUT2D eigenvalue weighted by Crippen LogP contribution is 2.27. The van der Waals surface area contributed by atoms with Crippen molar-refractivity contribution < 1.29 is 4.79 Å². The van der Waals surface area contributed by atoms with Gasteiger partial charge in [-0.05, 0) is 18.2 Å². The standard InChI is InChI=1S/C11H5Cl4N3O/c12-6-1-5(2-7(13)3-6)11(19)18-8-9(14)16-4-17-10(8)15/h1-4H,(H,18,19). The van der Waals surface area contributed by atoms with Gasteiger partial charge in [-0.2, -0.15) is 0 Å².